The van der Waals surface area contributed by atoms with Crippen LogP contribution in [0.3, 0.4) is 0 Å². The third-order valence-corrected chi connectivity index (χ3v) is 5.47. The van der Waals surface area contributed by atoms with E-state index in [1.54, 1.807) is 11.9 Å². The van der Waals surface area contributed by atoms with Gasteiger partial charge in [-0.3, -0.25) is 4.90 Å². The second-order valence-corrected chi connectivity index (χ2v) is 6.82. The topological polar surface area (TPSA) is 81.1 Å². The molecule has 2 rings (SSSR count). The molecular weight excluding hydrogens is 280 g/mol. The summed E-state index contributed by atoms with van der Waals surface area (Å²) in [5.41, 5.74) is 0. The van der Waals surface area contributed by atoms with Gasteiger partial charge in [0.2, 0.25) is 0 Å². The molecule has 2 atom stereocenters. The smallest absolute Gasteiger partial charge is 0.327 e. The van der Waals surface area contributed by atoms with E-state index >= 15 is 0 Å². The van der Waals surface area contributed by atoms with Crippen molar-refractivity contribution in [2.45, 2.75) is 43.7 Å². The zero-order valence-electron chi connectivity index (χ0n) is 11.9. The number of rotatable bonds is 4. The molecule has 2 fully saturated rings. The first-order chi connectivity index (χ1) is 9.43. The molecule has 0 aromatic carbocycles. The quantitative estimate of drug-likeness (QED) is 0.811. The predicted molar refractivity (Wildman–Crippen MR) is 76.6 cm³/mol. The Kier molecular flexibility index (Phi) is 4.80. The third kappa shape index (κ3) is 3.03. The van der Waals surface area contributed by atoms with Gasteiger partial charge in [-0.2, -0.15) is 0 Å². The maximum Gasteiger partial charge on any atom is 0.327 e. The number of aliphatic hydroxyl groups excluding tert-OH is 1. The number of aliphatic carboxylic acids is 1. The number of aliphatic hydroxyl groups is 1. The van der Waals surface area contributed by atoms with Gasteiger partial charge < -0.3 is 15.1 Å². The summed E-state index contributed by atoms with van der Waals surface area (Å²) in [5.74, 6) is -0.151. The molecule has 0 radical (unpaired) electrons. The number of thioether (sulfide) groups is 1. The Labute approximate surface area is 123 Å². The fourth-order valence-corrected chi connectivity index (χ4v) is 4.18. The molecule has 1 aliphatic carbocycles. The van der Waals surface area contributed by atoms with E-state index in [0.717, 1.165) is 19.3 Å². The lowest BCUT2D eigenvalue weighted by atomic mass is 9.82. The standard InChI is InChI=1S/C13H22N2O4S/c1-3-11-15(10(7-20-11)12(17)18)13(19)14(2)6-8-4-9(16)5-8/h8-11,16H,3-7H2,1-2H3,(H,17,18). The molecule has 0 bridgehead atoms. The number of carbonyl (C=O) groups is 2. The number of carboxylic acid groups (broad SMARTS) is 1. The van der Waals surface area contributed by atoms with Crippen LogP contribution in [-0.4, -0.2) is 68.9 Å². The molecule has 1 saturated heterocycles. The Balaban J connectivity index is 1.98. The van der Waals surface area contributed by atoms with Crippen molar-refractivity contribution in [2.75, 3.05) is 19.3 Å². The van der Waals surface area contributed by atoms with Crippen LogP contribution in [0, 0.1) is 5.92 Å². The van der Waals surface area contributed by atoms with Crippen molar-refractivity contribution < 1.29 is 19.8 Å². The number of carbonyl (C=O) groups excluding carboxylic acids is 1. The van der Waals surface area contributed by atoms with Gasteiger partial charge in [0.25, 0.3) is 0 Å². The normalized spacial score (nSPS) is 32.9. The molecular formula is C13H22N2O4S. The van der Waals surface area contributed by atoms with Crippen LogP contribution in [0.4, 0.5) is 4.79 Å². The third-order valence-electron chi connectivity index (χ3n) is 4.02. The first kappa shape index (κ1) is 15.4. The van der Waals surface area contributed by atoms with Crippen molar-refractivity contribution in [3.63, 3.8) is 0 Å². The molecule has 2 unspecified atom stereocenters. The minimum Gasteiger partial charge on any atom is -0.480 e. The lowest BCUT2D eigenvalue weighted by Crippen LogP contribution is -2.52. The van der Waals surface area contributed by atoms with E-state index < -0.39 is 12.0 Å². The van der Waals surface area contributed by atoms with E-state index in [9.17, 15) is 19.8 Å². The number of urea groups is 1. The van der Waals surface area contributed by atoms with Crippen molar-refractivity contribution >= 4 is 23.8 Å². The van der Waals surface area contributed by atoms with E-state index in [1.807, 2.05) is 6.92 Å². The molecule has 6 nitrogen and oxygen atoms in total. The highest BCUT2D eigenvalue weighted by Gasteiger charge is 2.42. The van der Waals surface area contributed by atoms with Crippen LogP contribution in [-0.2, 0) is 4.79 Å². The zero-order chi connectivity index (χ0) is 14.9. The minimum absolute atomic E-state index is 0.0574. The Morgan fingerprint density at radius 1 is 1.40 bits per heavy atom. The molecule has 2 amide bonds. The van der Waals surface area contributed by atoms with Gasteiger partial charge in [0, 0.05) is 19.3 Å². The van der Waals surface area contributed by atoms with Gasteiger partial charge in [-0.1, -0.05) is 6.92 Å². The summed E-state index contributed by atoms with van der Waals surface area (Å²) in [6.45, 7) is 2.55. The summed E-state index contributed by atoms with van der Waals surface area (Å²) in [7, 11) is 1.71. The second-order valence-electron chi connectivity index (χ2n) is 5.61. The summed E-state index contributed by atoms with van der Waals surface area (Å²) in [5, 5.41) is 18.5. The van der Waals surface area contributed by atoms with Gasteiger partial charge in [0.05, 0.1) is 11.5 Å². The maximum atomic E-state index is 12.5. The average Bonchev–Trinajstić information content (AvgIpc) is 2.79. The highest BCUT2D eigenvalue weighted by atomic mass is 32.2. The number of hydrogen-bond acceptors (Lipinski definition) is 4. The molecule has 114 valence electrons. The second kappa shape index (κ2) is 6.22. The Morgan fingerprint density at radius 2 is 2.05 bits per heavy atom. The molecule has 1 aliphatic heterocycles. The van der Waals surface area contributed by atoms with Crippen LogP contribution in [0.25, 0.3) is 0 Å². The Bertz CT molecular complexity index is 387. The van der Waals surface area contributed by atoms with Gasteiger partial charge in [-0.15, -0.1) is 11.8 Å². The Hall–Kier alpha value is -0.950. The molecule has 20 heavy (non-hydrogen) atoms. The average molecular weight is 302 g/mol. The van der Waals surface area contributed by atoms with E-state index in [1.165, 1.54) is 16.7 Å². The van der Waals surface area contributed by atoms with Crippen molar-refractivity contribution in [1.29, 1.82) is 0 Å². The highest BCUT2D eigenvalue weighted by molar-refractivity contribution is 8.00. The van der Waals surface area contributed by atoms with E-state index in [0.29, 0.717) is 18.2 Å². The molecule has 1 heterocycles. The van der Waals surface area contributed by atoms with Crippen molar-refractivity contribution in [1.82, 2.24) is 9.80 Å². The molecule has 0 aromatic heterocycles. The zero-order valence-corrected chi connectivity index (χ0v) is 12.7. The fourth-order valence-electron chi connectivity index (χ4n) is 2.84. The van der Waals surface area contributed by atoms with Gasteiger partial charge in [0.1, 0.15) is 6.04 Å². The molecule has 1 saturated carbocycles. The first-order valence-electron chi connectivity index (χ1n) is 7.00. The summed E-state index contributed by atoms with van der Waals surface area (Å²) in [6.07, 6.45) is 1.97. The largest absolute Gasteiger partial charge is 0.480 e. The van der Waals surface area contributed by atoms with E-state index in [2.05, 4.69) is 0 Å². The van der Waals surface area contributed by atoms with Crippen molar-refractivity contribution in [3.05, 3.63) is 0 Å². The van der Waals surface area contributed by atoms with Crippen molar-refractivity contribution in [3.8, 4) is 0 Å². The highest BCUT2D eigenvalue weighted by Crippen LogP contribution is 2.33. The first-order valence-corrected chi connectivity index (χ1v) is 8.04. The van der Waals surface area contributed by atoms with Gasteiger partial charge in [0.15, 0.2) is 0 Å². The predicted octanol–water partition coefficient (Wildman–Crippen LogP) is 1.05. The van der Waals surface area contributed by atoms with E-state index in [-0.39, 0.29) is 17.5 Å². The van der Waals surface area contributed by atoms with Crippen LogP contribution >= 0.6 is 11.8 Å². The number of carboxylic acids is 1. The van der Waals surface area contributed by atoms with E-state index in [4.69, 9.17) is 0 Å². The Morgan fingerprint density at radius 3 is 2.55 bits per heavy atom. The number of nitrogens with zero attached hydrogens (tertiary/aromatic N) is 2. The monoisotopic (exact) mass is 302 g/mol. The van der Waals surface area contributed by atoms with Gasteiger partial charge in [-0.05, 0) is 25.2 Å². The summed E-state index contributed by atoms with van der Waals surface area (Å²) in [4.78, 5) is 26.9. The van der Waals surface area contributed by atoms with Crippen LogP contribution in [0.1, 0.15) is 26.2 Å². The van der Waals surface area contributed by atoms with Gasteiger partial charge in [-0.25, -0.2) is 9.59 Å². The van der Waals surface area contributed by atoms with Crippen LogP contribution in [0.15, 0.2) is 0 Å². The summed E-state index contributed by atoms with van der Waals surface area (Å²) >= 11 is 1.53. The number of hydrogen-bond donors (Lipinski definition) is 2. The number of amides is 2. The maximum absolute atomic E-state index is 12.5. The lowest BCUT2D eigenvalue weighted by molar-refractivity contribution is -0.141. The SMILES string of the molecule is CCC1SCC(C(=O)O)N1C(=O)N(C)CC1CC(O)C1. The van der Waals surface area contributed by atoms with Crippen LogP contribution < -0.4 is 0 Å². The molecule has 2 N–H and O–H groups in total. The molecule has 2 aliphatic rings. The van der Waals surface area contributed by atoms with Gasteiger partial charge >= 0.3 is 12.0 Å². The molecule has 7 heteroatoms. The minimum atomic E-state index is -0.936. The summed E-state index contributed by atoms with van der Waals surface area (Å²) in [6, 6.07) is -0.942. The lowest BCUT2D eigenvalue weighted by Gasteiger charge is -2.37. The fraction of sp³-hybridized carbons (Fsp3) is 0.846. The van der Waals surface area contributed by atoms with Crippen LogP contribution in [0.5, 0.6) is 0 Å². The van der Waals surface area contributed by atoms with Crippen LogP contribution in [0.2, 0.25) is 0 Å². The molecule has 0 spiro atoms. The van der Waals surface area contributed by atoms with Crippen molar-refractivity contribution in [2.24, 2.45) is 5.92 Å². The molecule has 0 aromatic rings. The summed E-state index contributed by atoms with van der Waals surface area (Å²) < 4.78 is 0.